The minimum absolute atomic E-state index is 0.108. The lowest BCUT2D eigenvalue weighted by Gasteiger charge is -2.31. The molecule has 0 atom stereocenters. The van der Waals surface area contributed by atoms with Gasteiger partial charge in [-0.05, 0) is 31.4 Å². The standard InChI is InChI=1S/C24H26N2O/c1-17-10-9-15-20-21(24(27)26(2)19-13-7-4-8-14-19)16-22(25-23(17)20)18-11-5-3-6-12-18/h3,5-6,9-12,15-16,19H,4,7-8,13-14H2,1-2H3. The molecule has 1 fully saturated rings. The van der Waals surface area contributed by atoms with E-state index < -0.39 is 0 Å². The van der Waals surface area contributed by atoms with Crippen LogP contribution in [0.4, 0.5) is 0 Å². The van der Waals surface area contributed by atoms with Gasteiger partial charge in [0.05, 0.1) is 16.8 Å². The number of aryl methyl sites for hydroxylation is 1. The third-order valence-corrected chi connectivity index (χ3v) is 5.78. The molecule has 3 heteroatoms. The summed E-state index contributed by atoms with van der Waals surface area (Å²) in [6, 6.07) is 18.5. The molecule has 0 saturated heterocycles. The van der Waals surface area contributed by atoms with Gasteiger partial charge in [0.15, 0.2) is 0 Å². The molecule has 2 aromatic carbocycles. The van der Waals surface area contributed by atoms with E-state index >= 15 is 0 Å². The van der Waals surface area contributed by atoms with E-state index in [1.807, 2.05) is 60.5 Å². The average Bonchev–Trinajstić information content (AvgIpc) is 2.73. The molecule has 0 unspecified atom stereocenters. The van der Waals surface area contributed by atoms with Gasteiger partial charge in [-0.1, -0.05) is 67.8 Å². The molecule has 1 heterocycles. The van der Waals surface area contributed by atoms with Gasteiger partial charge in [0, 0.05) is 24.0 Å². The number of carbonyl (C=O) groups excluding carboxylic acids is 1. The quantitative estimate of drug-likeness (QED) is 0.609. The fraction of sp³-hybridized carbons (Fsp3) is 0.333. The Kier molecular flexibility index (Phi) is 4.93. The number of aromatic nitrogens is 1. The van der Waals surface area contributed by atoms with Crippen LogP contribution < -0.4 is 0 Å². The van der Waals surface area contributed by atoms with E-state index in [4.69, 9.17) is 4.98 Å². The fourth-order valence-electron chi connectivity index (χ4n) is 4.15. The Morgan fingerprint density at radius 2 is 1.74 bits per heavy atom. The third-order valence-electron chi connectivity index (χ3n) is 5.78. The number of hydrogen-bond donors (Lipinski definition) is 0. The molecule has 1 aromatic heterocycles. The number of carbonyl (C=O) groups is 1. The van der Waals surface area contributed by atoms with Crippen molar-refractivity contribution in [3.8, 4) is 11.3 Å². The zero-order valence-electron chi connectivity index (χ0n) is 16.1. The van der Waals surface area contributed by atoms with Crippen molar-refractivity contribution in [1.82, 2.24) is 9.88 Å². The van der Waals surface area contributed by atoms with Gasteiger partial charge in [-0.2, -0.15) is 0 Å². The number of pyridine rings is 1. The van der Waals surface area contributed by atoms with E-state index in [0.717, 1.165) is 46.1 Å². The third kappa shape index (κ3) is 3.46. The Morgan fingerprint density at radius 1 is 1.00 bits per heavy atom. The topological polar surface area (TPSA) is 33.2 Å². The van der Waals surface area contributed by atoms with Crippen LogP contribution in [0.25, 0.3) is 22.2 Å². The zero-order valence-corrected chi connectivity index (χ0v) is 16.1. The van der Waals surface area contributed by atoms with Crippen LogP contribution in [0, 0.1) is 6.92 Å². The SMILES string of the molecule is Cc1cccc2c(C(=O)N(C)C3CCCCC3)cc(-c3ccccc3)nc12. The van der Waals surface area contributed by atoms with Crippen LogP contribution in [0.1, 0.15) is 48.0 Å². The van der Waals surface area contributed by atoms with E-state index in [0.29, 0.717) is 6.04 Å². The monoisotopic (exact) mass is 358 g/mol. The molecule has 1 aliphatic carbocycles. The Bertz CT molecular complexity index is 959. The molecule has 1 saturated carbocycles. The van der Waals surface area contributed by atoms with Crippen molar-refractivity contribution in [3.63, 3.8) is 0 Å². The molecule has 0 aliphatic heterocycles. The number of benzene rings is 2. The smallest absolute Gasteiger partial charge is 0.254 e. The predicted octanol–water partition coefficient (Wildman–Crippen LogP) is 5.61. The lowest BCUT2D eigenvalue weighted by molar-refractivity contribution is 0.0698. The van der Waals surface area contributed by atoms with Gasteiger partial charge in [0.25, 0.3) is 5.91 Å². The fourth-order valence-corrected chi connectivity index (χ4v) is 4.15. The Labute approximate surface area is 161 Å². The summed E-state index contributed by atoms with van der Waals surface area (Å²) in [5, 5.41) is 0.947. The van der Waals surface area contributed by atoms with Crippen molar-refractivity contribution in [2.45, 2.75) is 45.1 Å². The number of fused-ring (bicyclic) bond motifs is 1. The number of amides is 1. The second-order valence-electron chi connectivity index (χ2n) is 7.60. The molecular weight excluding hydrogens is 332 g/mol. The summed E-state index contributed by atoms with van der Waals surface area (Å²) >= 11 is 0. The first-order valence-corrected chi connectivity index (χ1v) is 9.88. The maximum absolute atomic E-state index is 13.5. The van der Waals surface area contributed by atoms with E-state index in [9.17, 15) is 4.79 Å². The molecule has 3 aromatic rings. The highest BCUT2D eigenvalue weighted by molar-refractivity contribution is 6.07. The highest BCUT2D eigenvalue weighted by Gasteiger charge is 2.25. The number of rotatable bonds is 3. The van der Waals surface area contributed by atoms with Crippen molar-refractivity contribution in [1.29, 1.82) is 0 Å². The number of para-hydroxylation sites is 1. The normalized spacial score (nSPS) is 15.0. The molecule has 0 N–H and O–H groups in total. The predicted molar refractivity (Wildman–Crippen MR) is 111 cm³/mol. The van der Waals surface area contributed by atoms with E-state index in [1.165, 1.54) is 19.3 Å². The van der Waals surface area contributed by atoms with Crippen molar-refractivity contribution in [2.75, 3.05) is 7.05 Å². The van der Waals surface area contributed by atoms with E-state index in [2.05, 4.69) is 13.0 Å². The van der Waals surface area contributed by atoms with Crippen molar-refractivity contribution >= 4 is 16.8 Å². The minimum Gasteiger partial charge on any atom is -0.339 e. The molecule has 1 aliphatic rings. The van der Waals surface area contributed by atoms with Gasteiger partial charge in [-0.3, -0.25) is 4.79 Å². The summed E-state index contributed by atoms with van der Waals surface area (Å²) in [6.07, 6.45) is 5.93. The van der Waals surface area contributed by atoms with Gasteiger partial charge in [-0.15, -0.1) is 0 Å². The van der Waals surface area contributed by atoms with Crippen molar-refractivity contribution in [3.05, 3.63) is 65.7 Å². The molecule has 0 radical (unpaired) electrons. The molecule has 0 bridgehead atoms. The zero-order chi connectivity index (χ0) is 18.8. The molecule has 138 valence electrons. The molecule has 3 nitrogen and oxygen atoms in total. The van der Waals surface area contributed by atoms with Crippen LogP contribution in [0.5, 0.6) is 0 Å². The van der Waals surface area contributed by atoms with Crippen LogP contribution in [0.2, 0.25) is 0 Å². The molecule has 0 spiro atoms. The summed E-state index contributed by atoms with van der Waals surface area (Å²) < 4.78 is 0. The van der Waals surface area contributed by atoms with Crippen LogP contribution in [0.3, 0.4) is 0 Å². The summed E-state index contributed by atoms with van der Waals surface area (Å²) in [5.41, 5.74) is 4.67. The van der Waals surface area contributed by atoms with Crippen molar-refractivity contribution in [2.24, 2.45) is 0 Å². The lowest BCUT2D eigenvalue weighted by Crippen LogP contribution is -2.38. The second kappa shape index (κ2) is 7.51. The van der Waals surface area contributed by atoms with Gasteiger partial charge in [0.1, 0.15) is 0 Å². The van der Waals surface area contributed by atoms with Crippen LogP contribution in [0.15, 0.2) is 54.6 Å². The van der Waals surface area contributed by atoms with Crippen LogP contribution >= 0.6 is 0 Å². The number of nitrogens with zero attached hydrogens (tertiary/aromatic N) is 2. The van der Waals surface area contributed by atoms with E-state index in [-0.39, 0.29) is 5.91 Å². The van der Waals surface area contributed by atoms with Crippen molar-refractivity contribution < 1.29 is 4.79 Å². The van der Waals surface area contributed by atoms with Crippen LogP contribution in [-0.4, -0.2) is 28.9 Å². The Hall–Kier alpha value is -2.68. The molecule has 4 rings (SSSR count). The molecule has 27 heavy (non-hydrogen) atoms. The van der Waals surface area contributed by atoms with Gasteiger partial charge in [-0.25, -0.2) is 4.98 Å². The average molecular weight is 358 g/mol. The summed E-state index contributed by atoms with van der Waals surface area (Å²) in [6.45, 7) is 2.06. The number of hydrogen-bond acceptors (Lipinski definition) is 2. The summed E-state index contributed by atoms with van der Waals surface area (Å²) in [7, 11) is 1.96. The van der Waals surface area contributed by atoms with Gasteiger partial charge < -0.3 is 4.90 Å². The van der Waals surface area contributed by atoms with Crippen LogP contribution in [-0.2, 0) is 0 Å². The second-order valence-corrected chi connectivity index (χ2v) is 7.60. The van der Waals surface area contributed by atoms with Gasteiger partial charge >= 0.3 is 0 Å². The first-order chi connectivity index (χ1) is 13.1. The first-order valence-electron chi connectivity index (χ1n) is 9.88. The summed E-state index contributed by atoms with van der Waals surface area (Å²) in [5.74, 6) is 0.108. The first kappa shape index (κ1) is 17.7. The Balaban J connectivity index is 1.83. The molecule has 1 amide bonds. The summed E-state index contributed by atoms with van der Waals surface area (Å²) in [4.78, 5) is 20.3. The maximum Gasteiger partial charge on any atom is 0.254 e. The molecular formula is C24H26N2O. The van der Waals surface area contributed by atoms with E-state index in [1.54, 1.807) is 0 Å². The Morgan fingerprint density at radius 3 is 2.48 bits per heavy atom. The lowest BCUT2D eigenvalue weighted by atomic mass is 9.93. The van der Waals surface area contributed by atoms with Gasteiger partial charge in [0.2, 0.25) is 0 Å². The highest BCUT2D eigenvalue weighted by Crippen LogP contribution is 2.29. The minimum atomic E-state index is 0.108. The highest BCUT2D eigenvalue weighted by atomic mass is 16.2. The largest absolute Gasteiger partial charge is 0.339 e. The maximum atomic E-state index is 13.5.